The number of hydrogen-bond donors (Lipinski definition) is 0. The molecule has 0 fully saturated rings. The molecule has 0 N–H and O–H groups in total. The maximum Gasteiger partial charge on any atom is 0.0494 e. The van der Waals surface area contributed by atoms with Crippen LogP contribution in [0, 0.1) is 6.92 Å². The lowest BCUT2D eigenvalue weighted by Crippen LogP contribution is -1.98. The summed E-state index contributed by atoms with van der Waals surface area (Å²) < 4.78 is 3.55. The molecule has 0 aliphatic heterocycles. The number of aryl methyl sites for hydroxylation is 2. The third kappa shape index (κ3) is 1.51. The molecule has 2 rings (SSSR count). The summed E-state index contributed by atoms with van der Waals surface area (Å²) in [5, 5.41) is 1.35. The molecule has 1 nitrogen and oxygen atoms in total. The molecular formula is C13H16BrN. The van der Waals surface area contributed by atoms with Gasteiger partial charge in [0, 0.05) is 28.1 Å². The van der Waals surface area contributed by atoms with Crippen LogP contribution < -0.4 is 0 Å². The van der Waals surface area contributed by atoms with Gasteiger partial charge in [0.25, 0.3) is 0 Å². The van der Waals surface area contributed by atoms with Crippen molar-refractivity contribution in [2.75, 3.05) is 0 Å². The Kier molecular flexibility index (Phi) is 2.63. The Labute approximate surface area is 99.2 Å². The van der Waals surface area contributed by atoms with Gasteiger partial charge in [0.05, 0.1) is 0 Å². The first-order valence-corrected chi connectivity index (χ1v) is 6.06. The van der Waals surface area contributed by atoms with E-state index in [0.717, 1.165) is 0 Å². The van der Waals surface area contributed by atoms with Crippen LogP contribution in [-0.2, 0) is 7.05 Å². The van der Waals surface area contributed by atoms with Crippen molar-refractivity contribution in [3.8, 4) is 0 Å². The summed E-state index contributed by atoms with van der Waals surface area (Å²) in [6.45, 7) is 6.62. The minimum Gasteiger partial charge on any atom is -0.346 e. The average Bonchev–Trinajstić information content (AvgIpc) is 2.40. The smallest absolute Gasteiger partial charge is 0.0494 e. The van der Waals surface area contributed by atoms with E-state index in [9.17, 15) is 0 Å². The monoisotopic (exact) mass is 265 g/mol. The van der Waals surface area contributed by atoms with Gasteiger partial charge in [0.2, 0.25) is 0 Å². The third-order valence-electron chi connectivity index (χ3n) is 2.96. The highest BCUT2D eigenvalue weighted by Gasteiger charge is 2.16. The molecule has 0 amide bonds. The Morgan fingerprint density at radius 1 is 1.27 bits per heavy atom. The van der Waals surface area contributed by atoms with E-state index < -0.39 is 0 Å². The van der Waals surface area contributed by atoms with Gasteiger partial charge in [0.15, 0.2) is 0 Å². The zero-order valence-electron chi connectivity index (χ0n) is 9.63. The first-order valence-electron chi connectivity index (χ1n) is 5.27. The molecule has 15 heavy (non-hydrogen) atoms. The van der Waals surface area contributed by atoms with Crippen LogP contribution in [0.1, 0.15) is 31.0 Å². The molecule has 0 aliphatic carbocycles. The van der Waals surface area contributed by atoms with Crippen LogP contribution in [0.15, 0.2) is 22.7 Å². The van der Waals surface area contributed by atoms with Crippen LogP contribution in [0.5, 0.6) is 0 Å². The number of hydrogen-bond acceptors (Lipinski definition) is 0. The second-order valence-corrected chi connectivity index (χ2v) is 5.17. The minimum atomic E-state index is 0.538. The van der Waals surface area contributed by atoms with Gasteiger partial charge in [-0.05, 0) is 40.4 Å². The Bertz CT molecular complexity index is 509. The third-order valence-corrected chi connectivity index (χ3v) is 3.77. The summed E-state index contributed by atoms with van der Waals surface area (Å²) in [5.74, 6) is 0.538. The summed E-state index contributed by atoms with van der Waals surface area (Å²) >= 11 is 3.73. The first-order chi connectivity index (χ1) is 7.04. The van der Waals surface area contributed by atoms with Crippen molar-refractivity contribution in [3.05, 3.63) is 33.9 Å². The average molecular weight is 266 g/mol. The van der Waals surface area contributed by atoms with Crippen LogP contribution in [-0.4, -0.2) is 4.57 Å². The van der Waals surface area contributed by atoms with Crippen molar-refractivity contribution >= 4 is 26.8 Å². The fraction of sp³-hybridized carbons (Fsp3) is 0.385. The van der Waals surface area contributed by atoms with Crippen molar-refractivity contribution in [1.29, 1.82) is 0 Å². The lowest BCUT2D eigenvalue weighted by Gasteiger charge is -2.07. The topological polar surface area (TPSA) is 4.93 Å². The highest BCUT2D eigenvalue weighted by atomic mass is 79.9. The van der Waals surface area contributed by atoms with Gasteiger partial charge in [0.1, 0.15) is 0 Å². The van der Waals surface area contributed by atoms with E-state index in [-0.39, 0.29) is 0 Å². The van der Waals surface area contributed by atoms with Crippen molar-refractivity contribution in [2.24, 2.45) is 7.05 Å². The largest absolute Gasteiger partial charge is 0.346 e. The summed E-state index contributed by atoms with van der Waals surface area (Å²) in [4.78, 5) is 0. The fourth-order valence-corrected chi connectivity index (χ4v) is 3.50. The van der Waals surface area contributed by atoms with Gasteiger partial charge in [-0.25, -0.2) is 0 Å². The summed E-state index contributed by atoms with van der Waals surface area (Å²) in [5.41, 5.74) is 4.02. The molecule has 0 bridgehead atoms. The Balaban J connectivity index is 2.92. The molecule has 0 atom stereocenters. The van der Waals surface area contributed by atoms with Gasteiger partial charge < -0.3 is 4.57 Å². The Hall–Kier alpha value is -0.760. The Morgan fingerprint density at radius 3 is 2.47 bits per heavy atom. The van der Waals surface area contributed by atoms with Gasteiger partial charge in [-0.15, -0.1) is 0 Å². The molecular weight excluding hydrogens is 250 g/mol. The van der Waals surface area contributed by atoms with E-state index in [1.54, 1.807) is 0 Å². The number of halogens is 1. The number of rotatable bonds is 1. The van der Waals surface area contributed by atoms with E-state index in [1.165, 1.54) is 26.6 Å². The van der Waals surface area contributed by atoms with Gasteiger partial charge in [-0.1, -0.05) is 26.0 Å². The molecule has 0 spiro atoms. The molecule has 2 heteroatoms. The second kappa shape index (κ2) is 3.67. The molecule has 80 valence electrons. The number of fused-ring (bicyclic) bond motifs is 1. The normalized spacial score (nSPS) is 11.6. The lowest BCUT2D eigenvalue weighted by molar-refractivity contribution is 0.750. The van der Waals surface area contributed by atoms with Crippen LogP contribution in [0.3, 0.4) is 0 Å². The number of benzene rings is 1. The molecule has 1 aromatic heterocycles. The minimum absolute atomic E-state index is 0.538. The highest BCUT2D eigenvalue weighted by molar-refractivity contribution is 9.10. The van der Waals surface area contributed by atoms with Gasteiger partial charge >= 0.3 is 0 Å². The van der Waals surface area contributed by atoms with E-state index in [0.29, 0.717) is 5.92 Å². The maximum absolute atomic E-state index is 3.73. The number of aromatic nitrogens is 1. The lowest BCUT2D eigenvalue weighted by atomic mass is 10.1. The SMILES string of the molecule is Cc1cccc2c1c(Br)c(C(C)C)n2C. The van der Waals surface area contributed by atoms with Crippen molar-refractivity contribution in [1.82, 2.24) is 4.57 Å². The molecule has 0 saturated heterocycles. The molecule has 1 aromatic carbocycles. The van der Waals surface area contributed by atoms with Crippen LogP contribution in [0.4, 0.5) is 0 Å². The van der Waals surface area contributed by atoms with E-state index in [1.807, 2.05) is 0 Å². The quantitative estimate of drug-likeness (QED) is 0.722. The molecule has 0 radical (unpaired) electrons. The maximum atomic E-state index is 3.73. The predicted octanol–water partition coefficient (Wildman–Crippen LogP) is 4.37. The number of nitrogens with zero attached hydrogens (tertiary/aromatic N) is 1. The van der Waals surface area contributed by atoms with Gasteiger partial charge in [-0.2, -0.15) is 0 Å². The molecule has 2 aromatic rings. The molecule has 0 unspecified atom stereocenters. The van der Waals surface area contributed by atoms with Crippen LogP contribution in [0.25, 0.3) is 10.9 Å². The summed E-state index contributed by atoms with van der Waals surface area (Å²) in [7, 11) is 2.14. The predicted molar refractivity (Wildman–Crippen MR) is 69.4 cm³/mol. The summed E-state index contributed by atoms with van der Waals surface area (Å²) in [6.07, 6.45) is 0. The molecule has 0 aliphatic rings. The Morgan fingerprint density at radius 2 is 1.93 bits per heavy atom. The second-order valence-electron chi connectivity index (χ2n) is 4.38. The highest BCUT2D eigenvalue weighted by Crippen LogP contribution is 2.36. The van der Waals surface area contributed by atoms with Crippen molar-refractivity contribution in [2.45, 2.75) is 26.7 Å². The first kappa shape index (κ1) is 10.7. The zero-order chi connectivity index (χ0) is 11.2. The summed E-state index contributed by atoms with van der Waals surface area (Å²) in [6, 6.07) is 6.46. The fourth-order valence-electron chi connectivity index (χ4n) is 2.26. The van der Waals surface area contributed by atoms with E-state index >= 15 is 0 Å². The zero-order valence-corrected chi connectivity index (χ0v) is 11.2. The standard InChI is InChI=1S/C13H16BrN/c1-8(2)13-12(14)11-9(3)6-5-7-10(11)15(13)4/h5-8H,1-4H3. The van der Waals surface area contributed by atoms with Crippen molar-refractivity contribution < 1.29 is 0 Å². The molecule has 1 heterocycles. The van der Waals surface area contributed by atoms with E-state index in [4.69, 9.17) is 0 Å². The van der Waals surface area contributed by atoms with Crippen molar-refractivity contribution in [3.63, 3.8) is 0 Å². The van der Waals surface area contributed by atoms with E-state index in [2.05, 4.69) is 66.5 Å². The molecule has 0 saturated carbocycles. The van der Waals surface area contributed by atoms with Crippen LogP contribution >= 0.6 is 15.9 Å². The van der Waals surface area contributed by atoms with Gasteiger partial charge in [-0.3, -0.25) is 0 Å². The van der Waals surface area contributed by atoms with Crippen LogP contribution in [0.2, 0.25) is 0 Å².